The Bertz CT molecular complexity index is 3660. The van der Waals surface area contributed by atoms with Crippen LogP contribution in [0.5, 0.6) is 0 Å². The third kappa shape index (κ3) is 5.45. The molecule has 4 heterocycles. The van der Waals surface area contributed by atoms with Crippen LogP contribution < -0.4 is 25.5 Å². The van der Waals surface area contributed by atoms with Crippen molar-refractivity contribution in [2.75, 3.05) is 9.80 Å². The van der Waals surface area contributed by atoms with Crippen molar-refractivity contribution < 1.29 is 0 Å². The lowest BCUT2D eigenvalue weighted by atomic mass is 9.36. The SMILES string of the molecule is CC(C)(C)c1ccc2c(c1)N1c3cc(cc4c3B2c2sc3cc5c(cc3c2N4c2ccc3c(c2)C(C)(C)CCC3(C)C)C(C)(C)CCC5(C)C)-c2cccc3cc4c(cc23)-c2c1cccc2C4(C)C. The molecule has 0 unspecified atom stereocenters. The lowest BCUT2D eigenvalue weighted by Gasteiger charge is -2.45. The monoisotopic (exact) mass is 916 g/mol. The number of fused-ring (bicyclic) bond motifs is 12. The predicted molar refractivity (Wildman–Crippen MR) is 299 cm³/mol. The van der Waals surface area contributed by atoms with Gasteiger partial charge in [0.2, 0.25) is 0 Å². The summed E-state index contributed by atoms with van der Waals surface area (Å²) in [7, 11) is 0. The molecule has 0 spiro atoms. The zero-order chi connectivity index (χ0) is 47.9. The molecule has 4 bridgehead atoms. The minimum Gasteiger partial charge on any atom is -0.311 e. The van der Waals surface area contributed by atoms with Crippen LogP contribution >= 0.6 is 11.3 Å². The van der Waals surface area contributed by atoms with Crippen LogP contribution in [0.15, 0.2) is 109 Å². The van der Waals surface area contributed by atoms with Crippen LogP contribution in [-0.2, 0) is 32.5 Å². The smallest absolute Gasteiger partial charge is 0.264 e. The van der Waals surface area contributed by atoms with Gasteiger partial charge in [-0.2, -0.15) is 0 Å². The summed E-state index contributed by atoms with van der Waals surface area (Å²) in [4.78, 5) is 5.49. The number of anilines is 6. The van der Waals surface area contributed by atoms with E-state index < -0.39 is 0 Å². The van der Waals surface area contributed by atoms with Crippen LogP contribution in [0.4, 0.5) is 34.1 Å². The number of thiophene rings is 1. The van der Waals surface area contributed by atoms with Crippen molar-refractivity contribution >= 4 is 88.7 Å². The molecule has 7 aromatic carbocycles. The highest BCUT2D eigenvalue weighted by atomic mass is 32.1. The first-order valence-corrected chi connectivity index (χ1v) is 26.8. The van der Waals surface area contributed by atoms with E-state index in [4.69, 9.17) is 0 Å². The van der Waals surface area contributed by atoms with Crippen molar-refractivity contribution in [3.63, 3.8) is 0 Å². The largest absolute Gasteiger partial charge is 0.311 e. The Morgan fingerprint density at radius 3 is 1.87 bits per heavy atom. The summed E-state index contributed by atoms with van der Waals surface area (Å²) in [5, 5.41) is 4.04. The standard InChI is InChI=1S/C65H65BN2S/c1-60(2,3)38-20-23-50-52(31-38)68-51-19-15-18-45-56(51)42-33-41-36(28-46(42)65(45,12)13)16-14-17-40(41)37-29-53-57(54(68)30-37)66(50)59-58(43-34-48-49(35-55(43)69-59)64(10,11)27-26-63(48,8)9)67(53)39-21-22-44-47(32-39)62(6,7)25-24-61(44,4)5/h14-23,28-35H,24-27H2,1-13H3. The first-order valence-electron chi connectivity index (χ1n) is 26.0. The van der Waals surface area contributed by atoms with Gasteiger partial charge in [-0.15, -0.1) is 11.3 Å². The highest BCUT2D eigenvalue weighted by Crippen LogP contribution is 2.59. The van der Waals surface area contributed by atoms with Gasteiger partial charge in [0.15, 0.2) is 0 Å². The van der Waals surface area contributed by atoms with Gasteiger partial charge < -0.3 is 9.80 Å². The Kier molecular flexibility index (Phi) is 7.99. The van der Waals surface area contributed by atoms with E-state index in [1.165, 1.54) is 158 Å². The molecule has 8 aromatic rings. The molecule has 0 radical (unpaired) electrons. The maximum Gasteiger partial charge on any atom is 0.264 e. The van der Waals surface area contributed by atoms with E-state index in [0.29, 0.717) is 0 Å². The van der Waals surface area contributed by atoms with Crippen molar-refractivity contribution in [1.82, 2.24) is 0 Å². The van der Waals surface area contributed by atoms with Crippen LogP contribution in [0.3, 0.4) is 0 Å². The number of benzene rings is 7. The van der Waals surface area contributed by atoms with E-state index in [1.807, 2.05) is 0 Å². The summed E-state index contributed by atoms with van der Waals surface area (Å²) >= 11 is 2.07. The molecule has 0 amide bonds. The average molecular weight is 917 g/mol. The van der Waals surface area contributed by atoms with Gasteiger partial charge in [-0.25, -0.2) is 0 Å². The molecule has 0 fully saturated rings. The minimum absolute atomic E-state index is 0.0310. The molecule has 2 nitrogen and oxygen atoms in total. The van der Waals surface area contributed by atoms with Crippen molar-refractivity contribution in [3.05, 3.63) is 148 Å². The molecule has 0 saturated heterocycles. The Morgan fingerprint density at radius 2 is 1.16 bits per heavy atom. The van der Waals surface area contributed by atoms with Gasteiger partial charge >= 0.3 is 0 Å². The van der Waals surface area contributed by atoms with Gasteiger partial charge in [0.1, 0.15) is 0 Å². The van der Waals surface area contributed by atoms with Crippen molar-refractivity contribution in [2.45, 2.75) is 148 Å². The number of nitrogens with zero attached hydrogens (tertiary/aromatic N) is 2. The number of rotatable bonds is 1. The first-order chi connectivity index (χ1) is 32.5. The van der Waals surface area contributed by atoms with Crippen LogP contribution in [-0.4, -0.2) is 6.71 Å². The van der Waals surface area contributed by atoms with Crippen LogP contribution in [0.2, 0.25) is 0 Å². The van der Waals surface area contributed by atoms with Crippen LogP contribution in [0, 0.1) is 0 Å². The summed E-state index contributed by atoms with van der Waals surface area (Å²) in [6.45, 7) is 31.9. The zero-order valence-electron chi connectivity index (χ0n) is 43.1. The van der Waals surface area contributed by atoms with Gasteiger partial charge in [0.05, 0.1) is 11.4 Å². The van der Waals surface area contributed by atoms with Crippen molar-refractivity contribution in [3.8, 4) is 22.3 Å². The third-order valence-electron chi connectivity index (χ3n) is 18.8. The summed E-state index contributed by atoms with van der Waals surface area (Å²) < 4.78 is 2.88. The molecule has 69 heavy (non-hydrogen) atoms. The molecular formula is C65H65BN2S. The Morgan fingerprint density at radius 1 is 0.507 bits per heavy atom. The molecular weight excluding hydrogens is 852 g/mol. The maximum atomic E-state index is 2.77. The molecule has 1 aromatic heterocycles. The van der Waals surface area contributed by atoms with E-state index in [2.05, 4.69) is 220 Å². The molecule has 4 heteroatoms. The summed E-state index contributed by atoms with van der Waals surface area (Å²) in [6.07, 6.45) is 4.77. The average Bonchev–Trinajstić information content (AvgIpc) is 3.78. The predicted octanol–water partition coefficient (Wildman–Crippen LogP) is 16.4. The number of hydrogen-bond acceptors (Lipinski definition) is 3. The lowest BCUT2D eigenvalue weighted by molar-refractivity contribution is 0.332. The molecule has 0 saturated carbocycles. The van der Waals surface area contributed by atoms with E-state index in [9.17, 15) is 0 Å². The van der Waals surface area contributed by atoms with E-state index in [-0.39, 0.29) is 39.2 Å². The molecule has 3 aliphatic heterocycles. The minimum atomic E-state index is -0.148. The molecule has 14 rings (SSSR count). The Labute approximate surface area is 414 Å². The fourth-order valence-corrected chi connectivity index (χ4v) is 15.7. The third-order valence-corrected chi connectivity index (χ3v) is 20.0. The second-order valence-corrected chi connectivity index (χ2v) is 27.4. The molecule has 3 aliphatic carbocycles. The fraction of sp³-hybridized carbons (Fsp3) is 0.354. The normalized spacial score (nSPS) is 19.6. The highest BCUT2D eigenvalue weighted by molar-refractivity contribution is 7.33. The van der Waals surface area contributed by atoms with Gasteiger partial charge in [0.25, 0.3) is 6.71 Å². The summed E-state index contributed by atoms with van der Waals surface area (Å²) in [5.41, 5.74) is 26.5. The summed E-state index contributed by atoms with van der Waals surface area (Å²) in [6, 6.07) is 45.0. The van der Waals surface area contributed by atoms with Gasteiger partial charge in [0, 0.05) is 48.6 Å². The Balaban J connectivity index is 1.17. The molecule has 344 valence electrons. The molecule has 0 N–H and O–H groups in total. The van der Waals surface area contributed by atoms with E-state index >= 15 is 0 Å². The van der Waals surface area contributed by atoms with Gasteiger partial charge in [-0.1, -0.05) is 139 Å². The Hall–Kier alpha value is -5.58. The zero-order valence-corrected chi connectivity index (χ0v) is 43.9. The van der Waals surface area contributed by atoms with Crippen LogP contribution in [0.25, 0.3) is 43.1 Å². The lowest BCUT2D eigenvalue weighted by Crippen LogP contribution is -2.60. The first kappa shape index (κ1) is 42.3. The van der Waals surface area contributed by atoms with Crippen molar-refractivity contribution in [1.29, 1.82) is 0 Å². The molecule has 0 atom stereocenters. The van der Waals surface area contributed by atoms with E-state index in [1.54, 1.807) is 0 Å². The van der Waals surface area contributed by atoms with Crippen LogP contribution in [0.1, 0.15) is 155 Å². The molecule has 6 aliphatic rings. The maximum absolute atomic E-state index is 2.77. The summed E-state index contributed by atoms with van der Waals surface area (Å²) in [5.74, 6) is 0. The highest BCUT2D eigenvalue weighted by Gasteiger charge is 2.49. The fourth-order valence-electron chi connectivity index (χ4n) is 14.4. The van der Waals surface area contributed by atoms with E-state index in [0.717, 1.165) is 0 Å². The van der Waals surface area contributed by atoms with Crippen molar-refractivity contribution in [2.24, 2.45) is 0 Å². The van der Waals surface area contributed by atoms with Gasteiger partial charge in [-0.3, -0.25) is 0 Å². The topological polar surface area (TPSA) is 6.48 Å². The second kappa shape index (κ2) is 13.0. The number of hydrogen-bond donors (Lipinski definition) is 0. The van der Waals surface area contributed by atoms with Gasteiger partial charge in [-0.05, 0) is 191 Å². The second-order valence-electron chi connectivity index (χ2n) is 26.3. The quantitative estimate of drug-likeness (QED) is 0.151.